The number of hydrogen-bond donors (Lipinski definition) is 1. The second-order valence-electron chi connectivity index (χ2n) is 8.94. The van der Waals surface area contributed by atoms with Crippen LogP contribution >= 0.6 is 11.3 Å². The van der Waals surface area contributed by atoms with Crippen LogP contribution in [0.4, 0.5) is 0 Å². The summed E-state index contributed by atoms with van der Waals surface area (Å²) in [6, 6.07) is 8.34. The fraction of sp³-hybridized carbons (Fsp3) is 0.381. The van der Waals surface area contributed by atoms with Gasteiger partial charge in [0.05, 0.1) is 15.8 Å². The lowest BCUT2D eigenvalue weighted by Gasteiger charge is -2.38. The largest absolute Gasteiger partial charge is 0.333 e. The van der Waals surface area contributed by atoms with Crippen molar-refractivity contribution >= 4 is 27.2 Å². The number of aromatic nitrogens is 4. The van der Waals surface area contributed by atoms with Crippen LogP contribution in [0.3, 0.4) is 0 Å². The topological polar surface area (TPSA) is 59.7 Å². The first-order valence-corrected chi connectivity index (χ1v) is 10.2. The maximum atomic E-state index is 4.94. The molecule has 5 nitrogen and oxygen atoms in total. The van der Waals surface area contributed by atoms with Crippen LogP contribution in [0.2, 0.25) is 0 Å². The second-order valence-corrected chi connectivity index (χ2v) is 9.94. The molecule has 1 aromatic carbocycles. The first-order chi connectivity index (χ1) is 12.7. The molecule has 0 saturated carbocycles. The predicted octanol–water partition coefficient (Wildman–Crippen LogP) is 3.45. The van der Waals surface area contributed by atoms with Crippen molar-refractivity contribution in [3.63, 3.8) is 0 Å². The highest BCUT2D eigenvalue weighted by molar-refractivity contribution is 7.19. The van der Waals surface area contributed by atoms with Crippen LogP contribution in [-0.4, -0.2) is 25.1 Å². The van der Waals surface area contributed by atoms with E-state index in [4.69, 9.17) is 15.1 Å². The first-order valence-electron chi connectivity index (χ1n) is 9.35. The quantitative estimate of drug-likeness (QED) is 0.552. The normalized spacial score (nSPS) is 18.1. The number of benzene rings is 1. The SMILES string of the molecule is Cc1cccc(-c2nc3c4c5c(sc4ncn3n2)C(C)(C)[NH2+]C(C)(C)C5)c1. The Hall–Kier alpha value is -2.31. The highest BCUT2D eigenvalue weighted by Gasteiger charge is 2.43. The summed E-state index contributed by atoms with van der Waals surface area (Å²) in [6.07, 6.45) is 2.81. The zero-order valence-corrected chi connectivity index (χ0v) is 17.2. The molecular formula is C21H24N5S+. The van der Waals surface area contributed by atoms with Gasteiger partial charge in [0.2, 0.25) is 0 Å². The van der Waals surface area contributed by atoms with E-state index in [0.29, 0.717) is 0 Å². The Morgan fingerprint density at radius 1 is 1.19 bits per heavy atom. The van der Waals surface area contributed by atoms with Gasteiger partial charge in [-0.1, -0.05) is 23.8 Å². The van der Waals surface area contributed by atoms with Gasteiger partial charge in [0.15, 0.2) is 11.5 Å². The Labute approximate surface area is 162 Å². The van der Waals surface area contributed by atoms with Crippen LogP contribution in [-0.2, 0) is 12.0 Å². The number of aryl methyl sites for hydroxylation is 1. The molecule has 138 valence electrons. The molecule has 0 unspecified atom stereocenters. The average molecular weight is 379 g/mol. The summed E-state index contributed by atoms with van der Waals surface area (Å²) in [7, 11) is 0. The number of nitrogens with zero attached hydrogens (tertiary/aromatic N) is 4. The van der Waals surface area contributed by atoms with E-state index in [0.717, 1.165) is 28.3 Å². The standard InChI is InChI=1S/C21H23N5S/c1-12-7-6-8-13(9-12)17-23-18-15-14-10-20(2,3)25-21(4,5)16(14)27-19(15)22-11-26(18)24-17/h6-9,11,25H,10H2,1-5H3/p+1. The van der Waals surface area contributed by atoms with Gasteiger partial charge in [0.1, 0.15) is 16.7 Å². The maximum absolute atomic E-state index is 4.94. The Bertz CT molecular complexity index is 1200. The average Bonchev–Trinajstić information content (AvgIpc) is 3.14. The molecule has 4 aromatic rings. The summed E-state index contributed by atoms with van der Waals surface area (Å²) in [5.74, 6) is 0.758. The van der Waals surface area contributed by atoms with Gasteiger partial charge in [0.25, 0.3) is 0 Å². The summed E-state index contributed by atoms with van der Waals surface area (Å²) in [6.45, 7) is 11.3. The van der Waals surface area contributed by atoms with Gasteiger partial charge in [-0.25, -0.2) is 14.5 Å². The summed E-state index contributed by atoms with van der Waals surface area (Å²) in [5, 5.41) is 8.38. The lowest BCUT2D eigenvalue weighted by molar-refractivity contribution is -0.789. The second kappa shape index (κ2) is 5.36. The van der Waals surface area contributed by atoms with Crippen molar-refractivity contribution in [3.8, 4) is 11.4 Å². The maximum Gasteiger partial charge on any atom is 0.182 e. The van der Waals surface area contributed by atoms with E-state index < -0.39 is 0 Å². The van der Waals surface area contributed by atoms with Crippen LogP contribution in [0.5, 0.6) is 0 Å². The molecule has 5 rings (SSSR count). The zero-order chi connectivity index (χ0) is 19.0. The van der Waals surface area contributed by atoms with Crippen LogP contribution in [0.25, 0.3) is 27.3 Å². The van der Waals surface area contributed by atoms with E-state index in [9.17, 15) is 0 Å². The zero-order valence-electron chi connectivity index (χ0n) is 16.4. The molecule has 3 aromatic heterocycles. The van der Waals surface area contributed by atoms with Crippen LogP contribution in [0, 0.1) is 6.92 Å². The van der Waals surface area contributed by atoms with Gasteiger partial charge in [-0.3, -0.25) is 0 Å². The first kappa shape index (κ1) is 16.8. The molecular weight excluding hydrogens is 354 g/mol. The highest BCUT2D eigenvalue weighted by Crippen LogP contribution is 2.41. The van der Waals surface area contributed by atoms with Gasteiger partial charge >= 0.3 is 0 Å². The van der Waals surface area contributed by atoms with Crippen molar-refractivity contribution in [2.75, 3.05) is 0 Å². The minimum atomic E-state index is 0.0405. The highest BCUT2D eigenvalue weighted by atomic mass is 32.1. The Balaban J connectivity index is 1.80. The van der Waals surface area contributed by atoms with Gasteiger partial charge < -0.3 is 5.32 Å². The van der Waals surface area contributed by atoms with Crippen molar-refractivity contribution < 1.29 is 5.32 Å². The van der Waals surface area contributed by atoms with E-state index in [1.54, 1.807) is 17.7 Å². The van der Waals surface area contributed by atoms with Gasteiger partial charge in [-0.15, -0.1) is 16.4 Å². The number of thiophene rings is 1. The van der Waals surface area contributed by atoms with Gasteiger partial charge in [0, 0.05) is 12.0 Å². The molecule has 0 aliphatic carbocycles. The van der Waals surface area contributed by atoms with Crippen molar-refractivity contribution in [1.82, 2.24) is 19.6 Å². The molecule has 4 heterocycles. The molecule has 6 heteroatoms. The van der Waals surface area contributed by atoms with E-state index >= 15 is 0 Å². The number of rotatable bonds is 1. The molecule has 0 fully saturated rings. The molecule has 0 radical (unpaired) electrons. The summed E-state index contributed by atoms with van der Waals surface area (Å²) >= 11 is 1.81. The Morgan fingerprint density at radius 2 is 2.00 bits per heavy atom. The smallest absolute Gasteiger partial charge is 0.182 e. The van der Waals surface area contributed by atoms with E-state index in [2.05, 4.69) is 64.2 Å². The molecule has 0 amide bonds. The molecule has 0 spiro atoms. The minimum Gasteiger partial charge on any atom is -0.333 e. The third kappa shape index (κ3) is 2.58. The number of fused-ring (bicyclic) bond motifs is 5. The summed E-state index contributed by atoms with van der Waals surface area (Å²) < 4.78 is 1.84. The van der Waals surface area contributed by atoms with Crippen molar-refractivity contribution in [2.24, 2.45) is 0 Å². The third-order valence-corrected chi connectivity index (χ3v) is 6.85. The van der Waals surface area contributed by atoms with Crippen LogP contribution < -0.4 is 5.32 Å². The van der Waals surface area contributed by atoms with E-state index in [1.165, 1.54) is 21.4 Å². The van der Waals surface area contributed by atoms with E-state index in [1.807, 2.05) is 4.52 Å². The van der Waals surface area contributed by atoms with Crippen molar-refractivity contribution in [3.05, 3.63) is 46.6 Å². The molecule has 1 aliphatic heterocycles. The van der Waals surface area contributed by atoms with Crippen molar-refractivity contribution in [2.45, 2.75) is 52.1 Å². The molecule has 0 saturated heterocycles. The summed E-state index contributed by atoms with van der Waals surface area (Å²) in [4.78, 5) is 12.1. The number of nitrogens with two attached hydrogens (primary N) is 1. The molecule has 0 bridgehead atoms. The molecule has 27 heavy (non-hydrogen) atoms. The lowest BCUT2D eigenvalue weighted by atomic mass is 9.82. The number of hydrogen-bond acceptors (Lipinski definition) is 4. The third-order valence-electron chi connectivity index (χ3n) is 5.37. The van der Waals surface area contributed by atoms with E-state index in [-0.39, 0.29) is 11.1 Å². The van der Waals surface area contributed by atoms with Crippen LogP contribution in [0.15, 0.2) is 30.6 Å². The summed E-state index contributed by atoms with van der Waals surface area (Å²) in [5.41, 5.74) is 4.76. The Morgan fingerprint density at radius 3 is 2.78 bits per heavy atom. The number of quaternary nitrogens is 1. The predicted molar refractivity (Wildman–Crippen MR) is 109 cm³/mol. The molecule has 0 atom stereocenters. The molecule has 1 aliphatic rings. The van der Waals surface area contributed by atoms with Gasteiger partial charge in [-0.2, -0.15) is 0 Å². The minimum absolute atomic E-state index is 0.0405. The molecule has 2 N–H and O–H groups in total. The Kier molecular flexibility index (Phi) is 3.34. The van der Waals surface area contributed by atoms with Crippen LogP contribution in [0.1, 0.15) is 43.7 Å². The van der Waals surface area contributed by atoms with Crippen molar-refractivity contribution in [1.29, 1.82) is 0 Å². The fourth-order valence-electron chi connectivity index (χ4n) is 4.60. The fourth-order valence-corrected chi connectivity index (χ4v) is 5.83. The lowest BCUT2D eigenvalue weighted by Crippen LogP contribution is -3.03. The van der Waals surface area contributed by atoms with Gasteiger partial charge in [-0.05, 0) is 46.2 Å². The monoisotopic (exact) mass is 378 g/mol.